The largest absolute Gasteiger partial charge is 0.326 e. The maximum Gasteiger partial charge on any atom is 0.266 e. The molecule has 3 aromatic rings. The smallest absolute Gasteiger partial charge is 0.266 e. The lowest BCUT2D eigenvalue weighted by Crippen LogP contribution is -2.23. The second-order valence-corrected chi connectivity index (χ2v) is 7.73. The summed E-state index contributed by atoms with van der Waals surface area (Å²) in [5.41, 5.74) is 3.06. The molecule has 0 bridgehead atoms. The fourth-order valence-electron chi connectivity index (χ4n) is 2.67. The lowest BCUT2D eigenvalue weighted by atomic mass is 10.1. The van der Waals surface area contributed by atoms with Gasteiger partial charge in [-0.05, 0) is 49.2 Å². The van der Waals surface area contributed by atoms with Gasteiger partial charge in [0.25, 0.3) is 5.56 Å². The summed E-state index contributed by atoms with van der Waals surface area (Å²) in [4.78, 5) is 24.2. The van der Waals surface area contributed by atoms with E-state index in [9.17, 15) is 9.59 Å². The number of aryl methyl sites for hydroxylation is 2. The standard InChI is InChI=1S/C21H19BrClN3O2/c1-14-4-9-17(13-18(14)23)24-20(27)3-2-12-26-21(28)11-10-19(25-26)15-5-7-16(22)8-6-15/h4-11,13H,2-3,12H2,1H3,(H,24,27). The molecular weight excluding hydrogens is 442 g/mol. The maximum absolute atomic E-state index is 12.1. The molecule has 28 heavy (non-hydrogen) atoms. The summed E-state index contributed by atoms with van der Waals surface area (Å²) in [6, 6.07) is 16.3. The maximum atomic E-state index is 12.1. The van der Waals surface area contributed by atoms with E-state index in [2.05, 4.69) is 26.3 Å². The molecule has 0 radical (unpaired) electrons. The van der Waals surface area contributed by atoms with Gasteiger partial charge in [-0.1, -0.05) is 45.7 Å². The van der Waals surface area contributed by atoms with Crippen LogP contribution in [0.1, 0.15) is 18.4 Å². The molecule has 0 fully saturated rings. The van der Waals surface area contributed by atoms with Crippen molar-refractivity contribution in [2.75, 3.05) is 5.32 Å². The molecule has 3 rings (SSSR count). The highest BCUT2D eigenvalue weighted by molar-refractivity contribution is 9.10. The summed E-state index contributed by atoms with van der Waals surface area (Å²) in [6.07, 6.45) is 0.782. The lowest BCUT2D eigenvalue weighted by molar-refractivity contribution is -0.116. The Hall–Kier alpha value is -2.44. The van der Waals surface area contributed by atoms with Gasteiger partial charge in [0.05, 0.1) is 5.69 Å². The SMILES string of the molecule is Cc1ccc(NC(=O)CCCn2nc(-c3ccc(Br)cc3)ccc2=O)cc1Cl. The molecule has 1 heterocycles. The average Bonchev–Trinajstić information content (AvgIpc) is 2.67. The van der Waals surface area contributed by atoms with Crippen LogP contribution in [-0.4, -0.2) is 15.7 Å². The minimum Gasteiger partial charge on any atom is -0.326 e. The van der Waals surface area contributed by atoms with Crippen LogP contribution in [0.5, 0.6) is 0 Å². The summed E-state index contributed by atoms with van der Waals surface area (Å²) in [5.74, 6) is -0.128. The third kappa shape index (κ3) is 5.30. The summed E-state index contributed by atoms with van der Waals surface area (Å²) in [7, 11) is 0. The topological polar surface area (TPSA) is 64.0 Å². The highest BCUT2D eigenvalue weighted by Crippen LogP contribution is 2.20. The fourth-order valence-corrected chi connectivity index (χ4v) is 3.11. The highest BCUT2D eigenvalue weighted by atomic mass is 79.9. The number of nitrogens with one attached hydrogen (secondary N) is 1. The Balaban J connectivity index is 1.60. The Bertz CT molecular complexity index is 1050. The number of carbonyl (C=O) groups is 1. The number of hydrogen-bond acceptors (Lipinski definition) is 3. The van der Waals surface area contributed by atoms with Gasteiger partial charge in [-0.15, -0.1) is 0 Å². The summed E-state index contributed by atoms with van der Waals surface area (Å²) in [6.45, 7) is 2.27. The predicted octanol–water partition coefficient (Wildman–Crippen LogP) is 5.05. The van der Waals surface area contributed by atoms with Gasteiger partial charge in [-0.3, -0.25) is 9.59 Å². The predicted molar refractivity (Wildman–Crippen MR) is 116 cm³/mol. The lowest BCUT2D eigenvalue weighted by Gasteiger charge is -2.09. The van der Waals surface area contributed by atoms with E-state index in [1.807, 2.05) is 43.3 Å². The first-order valence-corrected chi connectivity index (χ1v) is 9.99. The second kappa shape index (κ2) is 9.17. The zero-order valence-electron chi connectivity index (χ0n) is 15.3. The van der Waals surface area contributed by atoms with Gasteiger partial charge >= 0.3 is 0 Å². The average molecular weight is 461 g/mol. The Kier molecular flexibility index (Phi) is 6.65. The van der Waals surface area contributed by atoms with Crippen molar-refractivity contribution in [1.82, 2.24) is 9.78 Å². The van der Waals surface area contributed by atoms with Crippen molar-refractivity contribution in [1.29, 1.82) is 0 Å². The van der Waals surface area contributed by atoms with Crippen LogP contribution in [0.3, 0.4) is 0 Å². The van der Waals surface area contributed by atoms with Crippen molar-refractivity contribution >= 4 is 39.1 Å². The quantitative estimate of drug-likeness (QED) is 0.559. The molecule has 144 valence electrons. The van der Waals surface area contributed by atoms with Gasteiger partial charge in [0, 0.05) is 39.8 Å². The first-order chi connectivity index (χ1) is 13.4. The van der Waals surface area contributed by atoms with Crippen molar-refractivity contribution in [3.05, 3.63) is 80.0 Å². The molecule has 0 aliphatic heterocycles. The van der Waals surface area contributed by atoms with Crippen LogP contribution in [0, 0.1) is 6.92 Å². The molecular formula is C21H19BrClN3O2. The number of benzene rings is 2. The third-order valence-corrected chi connectivity index (χ3v) is 5.17. The highest BCUT2D eigenvalue weighted by Gasteiger charge is 2.07. The molecule has 0 atom stereocenters. The summed E-state index contributed by atoms with van der Waals surface area (Å²) in [5, 5.41) is 7.84. The number of hydrogen-bond donors (Lipinski definition) is 1. The molecule has 0 aliphatic rings. The van der Waals surface area contributed by atoms with Crippen LogP contribution < -0.4 is 10.9 Å². The number of carbonyl (C=O) groups excluding carboxylic acids is 1. The van der Waals surface area contributed by atoms with E-state index in [0.29, 0.717) is 29.4 Å². The van der Waals surface area contributed by atoms with Crippen molar-refractivity contribution < 1.29 is 4.79 Å². The zero-order chi connectivity index (χ0) is 20.1. The molecule has 5 nitrogen and oxygen atoms in total. The van der Waals surface area contributed by atoms with Crippen LogP contribution in [0.4, 0.5) is 5.69 Å². The van der Waals surface area contributed by atoms with E-state index in [-0.39, 0.29) is 17.9 Å². The second-order valence-electron chi connectivity index (χ2n) is 6.40. The monoisotopic (exact) mass is 459 g/mol. The first kappa shape index (κ1) is 20.3. The molecule has 2 aromatic carbocycles. The molecule has 0 saturated heterocycles. The van der Waals surface area contributed by atoms with Crippen molar-refractivity contribution in [3.8, 4) is 11.3 Å². The van der Waals surface area contributed by atoms with Crippen molar-refractivity contribution in [3.63, 3.8) is 0 Å². The number of nitrogens with zero attached hydrogens (tertiary/aromatic N) is 2. The minimum atomic E-state index is -0.188. The molecule has 1 aromatic heterocycles. The Morgan fingerprint density at radius 1 is 1.14 bits per heavy atom. The Morgan fingerprint density at radius 3 is 2.61 bits per heavy atom. The van der Waals surface area contributed by atoms with Crippen LogP contribution >= 0.6 is 27.5 Å². The van der Waals surface area contributed by atoms with Gasteiger partial charge in [-0.2, -0.15) is 5.10 Å². The summed E-state index contributed by atoms with van der Waals surface area (Å²) < 4.78 is 2.37. The zero-order valence-corrected chi connectivity index (χ0v) is 17.6. The first-order valence-electron chi connectivity index (χ1n) is 8.82. The van der Waals surface area contributed by atoms with Gasteiger partial charge in [0.1, 0.15) is 0 Å². The van der Waals surface area contributed by atoms with E-state index in [1.165, 1.54) is 10.7 Å². The molecule has 7 heteroatoms. The summed E-state index contributed by atoms with van der Waals surface area (Å²) >= 11 is 9.47. The Morgan fingerprint density at radius 2 is 1.89 bits per heavy atom. The minimum absolute atomic E-state index is 0.128. The van der Waals surface area contributed by atoms with E-state index < -0.39 is 0 Å². The van der Waals surface area contributed by atoms with Crippen LogP contribution in [0.25, 0.3) is 11.3 Å². The molecule has 0 saturated carbocycles. The third-order valence-electron chi connectivity index (χ3n) is 4.24. The number of rotatable bonds is 6. The van der Waals surface area contributed by atoms with Gasteiger partial charge in [-0.25, -0.2) is 4.68 Å². The normalized spacial score (nSPS) is 10.7. The van der Waals surface area contributed by atoms with E-state index in [0.717, 1.165) is 15.6 Å². The van der Waals surface area contributed by atoms with Gasteiger partial charge < -0.3 is 5.32 Å². The van der Waals surface area contributed by atoms with E-state index in [4.69, 9.17) is 11.6 Å². The molecule has 0 unspecified atom stereocenters. The van der Waals surface area contributed by atoms with E-state index >= 15 is 0 Å². The van der Waals surface area contributed by atoms with Crippen LogP contribution in [0.15, 0.2) is 63.9 Å². The van der Waals surface area contributed by atoms with Crippen molar-refractivity contribution in [2.45, 2.75) is 26.3 Å². The number of amides is 1. The number of aromatic nitrogens is 2. The van der Waals surface area contributed by atoms with Gasteiger partial charge in [0.2, 0.25) is 5.91 Å². The number of anilines is 1. The number of halogens is 2. The molecule has 0 aliphatic carbocycles. The van der Waals surface area contributed by atoms with Crippen molar-refractivity contribution in [2.24, 2.45) is 0 Å². The van der Waals surface area contributed by atoms with Crippen LogP contribution in [-0.2, 0) is 11.3 Å². The fraction of sp³-hybridized carbons (Fsp3) is 0.190. The van der Waals surface area contributed by atoms with E-state index in [1.54, 1.807) is 12.1 Å². The molecule has 1 amide bonds. The molecule has 1 N–H and O–H groups in total. The Labute approximate surface area is 176 Å². The van der Waals surface area contributed by atoms with Gasteiger partial charge in [0.15, 0.2) is 0 Å². The van der Waals surface area contributed by atoms with Crippen LogP contribution in [0.2, 0.25) is 5.02 Å². The molecule has 0 spiro atoms.